The largest absolute Gasteiger partial charge is 0.377 e. The highest BCUT2D eigenvalue weighted by molar-refractivity contribution is 5.78. The van der Waals surface area contributed by atoms with Crippen LogP contribution in [0.5, 0.6) is 0 Å². The van der Waals surface area contributed by atoms with Crippen LogP contribution in [0.15, 0.2) is 34.9 Å². The van der Waals surface area contributed by atoms with Gasteiger partial charge in [-0.1, -0.05) is 41.9 Å². The minimum absolute atomic E-state index is 0.00160. The number of nitrogens with zero attached hydrogens (tertiary/aromatic N) is 3. The van der Waals surface area contributed by atoms with E-state index in [1.165, 1.54) is 5.56 Å². The van der Waals surface area contributed by atoms with Gasteiger partial charge in [0.25, 0.3) is 0 Å². The lowest BCUT2D eigenvalue weighted by molar-refractivity contribution is -0.123. The van der Waals surface area contributed by atoms with Gasteiger partial charge in [-0.2, -0.15) is 4.98 Å². The second-order valence-electron chi connectivity index (χ2n) is 6.55. The summed E-state index contributed by atoms with van der Waals surface area (Å²) in [7, 11) is 1.60. The van der Waals surface area contributed by atoms with Gasteiger partial charge < -0.3 is 14.6 Å². The van der Waals surface area contributed by atoms with Crippen molar-refractivity contribution >= 4 is 5.91 Å². The van der Waals surface area contributed by atoms with Crippen molar-refractivity contribution in [3.63, 3.8) is 0 Å². The van der Waals surface area contributed by atoms with Crippen molar-refractivity contribution in [2.45, 2.75) is 38.3 Å². The summed E-state index contributed by atoms with van der Waals surface area (Å²) in [6, 6.07) is 10.2. The van der Waals surface area contributed by atoms with Gasteiger partial charge >= 0.3 is 0 Å². The number of rotatable bonds is 8. The quantitative estimate of drug-likeness (QED) is 0.778. The van der Waals surface area contributed by atoms with Crippen LogP contribution >= 0.6 is 0 Å². The lowest BCUT2D eigenvalue weighted by Crippen LogP contribution is -2.42. The van der Waals surface area contributed by atoms with E-state index < -0.39 is 0 Å². The molecule has 1 atom stereocenters. The fourth-order valence-electron chi connectivity index (χ4n) is 3.28. The Morgan fingerprint density at radius 3 is 3.00 bits per heavy atom. The Morgan fingerprint density at radius 1 is 1.35 bits per heavy atom. The molecule has 0 spiro atoms. The Bertz CT molecular complexity index is 689. The first-order valence-corrected chi connectivity index (χ1v) is 9.12. The van der Waals surface area contributed by atoms with Crippen LogP contribution in [0.4, 0.5) is 0 Å². The molecule has 1 fully saturated rings. The van der Waals surface area contributed by atoms with Crippen LogP contribution in [0.3, 0.4) is 0 Å². The Morgan fingerprint density at radius 2 is 2.19 bits per heavy atom. The summed E-state index contributed by atoms with van der Waals surface area (Å²) in [5, 5.41) is 6.95. The number of nitrogens with one attached hydrogen (secondary N) is 1. The molecule has 0 bridgehead atoms. The topological polar surface area (TPSA) is 80.5 Å². The van der Waals surface area contributed by atoms with Crippen molar-refractivity contribution in [2.75, 3.05) is 26.7 Å². The molecule has 0 aliphatic carbocycles. The molecule has 140 valence electrons. The van der Waals surface area contributed by atoms with Crippen LogP contribution in [-0.4, -0.2) is 47.7 Å². The highest BCUT2D eigenvalue weighted by Gasteiger charge is 2.30. The van der Waals surface area contributed by atoms with Crippen LogP contribution in [0.2, 0.25) is 0 Å². The zero-order valence-corrected chi connectivity index (χ0v) is 15.2. The van der Waals surface area contributed by atoms with E-state index in [4.69, 9.17) is 9.26 Å². The minimum Gasteiger partial charge on any atom is -0.377 e. The molecule has 0 radical (unpaired) electrons. The zero-order chi connectivity index (χ0) is 18.2. The number of hydrogen-bond acceptors (Lipinski definition) is 6. The van der Waals surface area contributed by atoms with Gasteiger partial charge in [-0.15, -0.1) is 0 Å². The molecule has 1 N–H and O–H groups in total. The SMILES string of the molecule is COCc1noc([C@@H]2CCCCN2CC(=O)NCCc2ccccc2)n1. The molecule has 2 heterocycles. The van der Waals surface area contributed by atoms with Crippen molar-refractivity contribution < 1.29 is 14.1 Å². The van der Waals surface area contributed by atoms with E-state index in [9.17, 15) is 4.79 Å². The van der Waals surface area contributed by atoms with E-state index in [-0.39, 0.29) is 11.9 Å². The molecule has 1 aromatic carbocycles. The van der Waals surface area contributed by atoms with Crippen LogP contribution < -0.4 is 5.32 Å². The number of piperidine rings is 1. The molecule has 3 rings (SSSR count). The molecule has 7 nitrogen and oxygen atoms in total. The molecule has 1 amide bonds. The number of aromatic nitrogens is 2. The molecular weight excluding hydrogens is 332 g/mol. The standard InChI is InChI=1S/C19H26N4O3/c1-25-14-17-21-19(26-22-17)16-9-5-6-12-23(16)13-18(24)20-11-10-15-7-3-2-4-8-15/h2-4,7-8,16H,5-6,9-14H2,1H3,(H,20,24)/t16-/m0/s1. The van der Waals surface area contributed by atoms with E-state index in [2.05, 4.69) is 32.5 Å². The van der Waals surface area contributed by atoms with E-state index in [0.29, 0.717) is 31.4 Å². The monoisotopic (exact) mass is 358 g/mol. The van der Waals surface area contributed by atoms with Crippen molar-refractivity contribution in [1.82, 2.24) is 20.4 Å². The number of amides is 1. The molecule has 1 saturated heterocycles. The second-order valence-corrected chi connectivity index (χ2v) is 6.55. The first-order chi connectivity index (χ1) is 12.8. The van der Waals surface area contributed by atoms with E-state index in [1.54, 1.807) is 7.11 Å². The van der Waals surface area contributed by atoms with Crippen molar-refractivity contribution in [3.8, 4) is 0 Å². The van der Waals surface area contributed by atoms with Crippen LogP contribution in [-0.2, 0) is 22.6 Å². The van der Waals surface area contributed by atoms with Gasteiger partial charge in [0.1, 0.15) is 6.61 Å². The molecule has 2 aromatic rings. The Hall–Kier alpha value is -2.25. The molecule has 1 aromatic heterocycles. The molecular formula is C19H26N4O3. The maximum atomic E-state index is 12.3. The fraction of sp³-hybridized carbons (Fsp3) is 0.526. The maximum absolute atomic E-state index is 12.3. The van der Waals surface area contributed by atoms with Gasteiger partial charge in [-0.25, -0.2) is 0 Å². The summed E-state index contributed by atoms with van der Waals surface area (Å²) in [4.78, 5) is 18.9. The predicted octanol–water partition coefficient (Wildman–Crippen LogP) is 2.10. The number of ether oxygens (including phenoxy) is 1. The van der Waals surface area contributed by atoms with Crippen molar-refractivity contribution in [3.05, 3.63) is 47.6 Å². The molecule has 0 saturated carbocycles. The van der Waals surface area contributed by atoms with E-state index >= 15 is 0 Å². The summed E-state index contributed by atoms with van der Waals surface area (Å²) in [5.74, 6) is 1.15. The van der Waals surface area contributed by atoms with Gasteiger partial charge in [0.2, 0.25) is 11.8 Å². The Balaban J connectivity index is 1.51. The van der Waals surface area contributed by atoms with Gasteiger partial charge in [-0.05, 0) is 31.4 Å². The summed E-state index contributed by atoms with van der Waals surface area (Å²) in [6.45, 7) is 2.18. The summed E-state index contributed by atoms with van der Waals surface area (Å²) < 4.78 is 10.4. The third kappa shape index (κ3) is 5.12. The molecule has 1 aliphatic heterocycles. The number of carbonyl (C=O) groups is 1. The van der Waals surface area contributed by atoms with Gasteiger partial charge in [0, 0.05) is 13.7 Å². The lowest BCUT2D eigenvalue weighted by atomic mass is 10.0. The number of hydrogen-bond donors (Lipinski definition) is 1. The average Bonchev–Trinajstić information content (AvgIpc) is 3.12. The van der Waals surface area contributed by atoms with Crippen LogP contribution in [0, 0.1) is 0 Å². The first kappa shape index (κ1) is 18.5. The third-order valence-corrected chi connectivity index (χ3v) is 4.58. The summed E-state index contributed by atoms with van der Waals surface area (Å²) in [5.41, 5.74) is 1.22. The number of methoxy groups -OCH3 is 1. The molecule has 0 unspecified atom stereocenters. The lowest BCUT2D eigenvalue weighted by Gasteiger charge is -2.32. The highest BCUT2D eigenvalue weighted by atomic mass is 16.5. The van der Waals surface area contributed by atoms with E-state index in [0.717, 1.165) is 32.2 Å². The normalized spacial score (nSPS) is 18.0. The van der Waals surface area contributed by atoms with E-state index in [1.807, 2.05) is 18.2 Å². The minimum atomic E-state index is 0.00160. The van der Waals surface area contributed by atoms with Crippen molar-refractivity contribution in [1.29, 1.82) is 0 Å². The van der Waals surface area contributed by atoms with Gasteiger partial charge in [-0.3, -0.25) is 9.69 Å². The first-order valence-electron chi connectivity index (χ1n) is 9.12. The predicted molar refractivity (Wildman–Crippen MR) is 96.3 cm³/mol. The molecule has 26 heavy (non-hydrogen) atoms. The van der Waals surface area contributed by atoms with Crippen molar-refractivity contribution in [2.24, 2.45) is 0 Å². The number of likely N-dealkylation sites (tertiary alicyclic amines) is 1. The number of carbonyl (C=O) groups excluding carboxylic acids is 1. The maximum Gasteiger partial charge on any atom is 0.244 e. The second kappa shape index (κ2) is 9.45. The third-order valence-electron chi connectivity index (χ3n) is 4.58. The van der Waals surface area contributed by atoms with Crippen LogP contribution in [0.1, 0.15) is 42.6 Å². The smallest absolute Gasteiger partial charge is 0.244 e. The Labute approximate surface area is 153 Å². The van der Waals surface area contributed by atoms with Crippen LogP contribution in [0.25, 0.3) is 0 Å². The zero-order valence-electron chi connectivity index (χ0n) is 15.2. The summed E-state index contributed by atoms with van der Waals surface area (Å²) in [6.07, 6.45) is 3.93. The summed E-state index contributed by atoms with van der Waals surface area (Å²) >= 11 is 0. The highest BCUT2D eigenvalue weighted by Crippen LogP contribution is 2.29. The average molecular weight is 358 g/mol. The molecule has 7 heteroatoms. The fourth-order valence-corrected chi connectivity index (χ4v) is 3.28. The number of benzene rings is 1. The van der Waals surface area contributed by atoms with Gasteiger partial charge in [0.15, 0.2) is 5.82 Å². The molecule has 1 aliphatic rings. The Kier molecular flexibility index (Phi) is 6.74. The van der Waals surface area contributed by atoms with Gasteiger partial charge in [0.05, 0.1) is 12.6 Å².